The maximum Gasteiger partial charge on any atom is 0.335 e. The number of carboxylic acid groups (broad SMARTS) is 1. The van der Waals surface area contributed by atoms with Crippen LogP contribution in [0.3, 0.4) is 0 Å². The zero-order chi connectivity index (χ0) is 18.1. The molecule has 0 bridgehead atoms. The van der Waals surface area contributed by atoms with Gasteiger partial charge >= 0.3 is 5.97 Å². The van der Waals surface area contributed by atoms with Gasteiger partial charge in [-0.15, -0.1) is 10.2 Å². The second kappa shape index (κ2) is 6.72. The monoisotopic (exact) mass is 348 g/mol. The summed E-state index contributed by atoms with van der Waals surface area (Å²) in [5.41, 5.74) is 3.23. The normalized spacial score (nSPS) is 14.2. The van der Waals surface area contributed by atoms with E-state index in [1.807, 2.05) is 49.4 Å². The van der Waals surface area contributed by atoms with E-state index in [4.69, 9.17) is 0 Å². The average Bonchev–Trinajstić information content (AvgIpc) is 3.07. The van der Waals surface area contributed by atoms with E-state index in [0.717, 1.165) is 41.4 Å². The molecule has 0 radical (unpaired) electrons. The number of nitrogens with zero attached hydrogens (tertiary/aromatic N) is 4. The molecule has 1 aliphatic heterocycles. The molecule has 0 atom stereocenters. The van der Waals surface area contributed by atoms with Gasteiger partial charge in [0.15, 0.2) is 5.82 Å². The Bertz CT molecular complexity index is 950. The highest BCUT2D eigenvalue weighted by atomic mass is 16.4. The predicted octanol–water partition coefficient (Wildman–Crippen LogP) is 2.97. The van der Waals surface area contributed by atoms with Crippen LogP contribution in [-0.2, 0) is 19.6 Å². The van der Waals surface area contributed by atoms with E-state index in [2.05, 4.69) is 19.7 Å². The molecule has 6 nitrogen and oxygen atoms in total. The van der Waals surface area contributed by atoms with Crippen LogP contribution in [0.5, 0.6) is 0 Å². The molecule has 1 aromatic heterocycles. The third kappa shape index (κ3) is 3.11. The summed E-state index contributed by atoms with van der Waals surface area (Å²) in [6.45, 7) is 4.93. The van der Waals surface area contributed by atoms with Gasteiger partial charge in [-0.1, -0.05) is 42.5 Å². The smallest absolute Gasteiger partial charge is 0.335 e. The van der Waals surface area contributed by atoms with Crippen LogP contribution < -0.4 is 0 Å². The fourth-order valence-corrected chi connectivity index (χ4v) is 3.40. The standard InChI is InChI=1S/C20H20N4O2/c1-14-7-8-15(11-17(14)20(25)26)12-23-9-10-24-18(13-23)21-22-19(24)16-5-3-2-4-6-16/h2-8,11H,9-10,12-13H2,1H3,(H,25,26). The first-order valence-electron chi connectivity index (χ1n) is 8.64. The zero-order valence-electron chi connectivity index (χ0n) is 14.6. The van der Waals surface area contributed by atoms with Gasteiger partial charge < -0.3 is 9.67 Å². The fourth-order valence-electron chi connectivity index (χ4n) is 3.40. The van der Waals surface area contributed by atoms with E-state index in [-0.39, 0.29) is 0 Å². The van der Waals surface area contributed by atoms with Gasteiger partial charge in [0.1, 0.15) is 5.82 Å². The molecule has 0 unspecified atom stereocenters. The Hall–Kier alpha value is -2.99. The van der Waals surface area contributed by atoms with Crippen LogP contribution in [0, 0.1) is 6.92 Å². The third-order valence-electron chi connectivity index (χ3n) is 4.80. The van der Waals surface area contributed by atoms with Crippen LogP contribution in [-0.4, -0.2) is 37.3 Å². The Labute approximate surface area is 151 Å². The lowest BCUT2D eigenvalue weighted by molar-refractivity contribution is 0.0696. The van der Waals surface area contributed by atoms with Crippen LogP contribution in [0.25, 0.3) is 11.4 Å². The second-order valence-electron chi connectivity index (χ2n) is 6.62. The number of aryl methyl sites for hydroxylation is 1. The summed E-state index contributed by atoms with van der Waals surface area (Å²) in [7, 11) is 0. The Kier molecular flexibility index (Phi) is 4.26. The first-order valence-corrected chi connectivity index (χ1v) is 8.64. The number of hydrogen-bond acceptors (Lipinski definition) is 4. The second-order valence-corrected chi connectivity index (χ2v) is 6.62. The van der Waals surface area contributed by atoms with Crippen LogP contribution in [0.4, 0.5) is 0 Å². The molecule has 1 N–H and O–H groups in total. The van der Waals surface area contributed by atoms with Crippen molar-refractivity contribution < 1.29 is 9.90 Å². The quantitative estimate of drug-likeness (QED) is 0.785. The largest absolute Gasteiger partial charge is 0.478 e. The highest BCUT2D eigenvalue weighted by Crippen LogP contribution is 2.22. The van der Waals surface area contributed by atoms with Gasteiger partial charge in [0, 0.05) is 25.2 Å². The third-order valence-corrected chi connectivity index (χ3v) is 4.80. The Balaban J connectivity index is 1.52. The first kappa shape index (κ1) is 16.5. The van der Waals surface area contributed by atoms with Gasteiger partial charge in [0.2, 0.25) is 0 Å². The topological polar surface area (TPSA) is 71.2 Å². The molecule has 3 aromatic rings. The summed E-state index contributed by atoms with van der Waals surface area (Å²) < 4.78 is 2.17. The van der Waals surface area contributed by atoms with Crippen LogP contribution in [0.2, 0.25) is 0 Å². The van der Waals surface area contributed by atoms with E-state index in [1.165, 1.54) is 0 Å². The molecular formula is C20H20N4O2. The summed E-state index contributed by atoms with van der Waals surface area (Å²) >= 11 is 0. The number of benzene rings is 2. The van der Waals surface area contributed by atoms with Gasteiger partial charge in [-0.3, -0.25) is 4.90 Å². The van der Waals surface area contributed by atoms with Gasteiger partial charge in [-0.2, -0.15) is 0 Å². The molecule has 26 heavy (non-hydrogen) atoms. The van der Waals surface area contributed by atoms with Crippen LogP contribution >= 0.6 is 0 Å². The Morgan fingerprint density at radius 2 is 1.92 bits per heavy atom. The number of rotatable bonds is 4. The molecule has 132 valence electrons. The minimum atomic E-state index is -0.879. The van der Waals surface area contributed by atoms with Gasteiger partial charge in [-0.05, 0) is 24.1 Å². The number of hydrogen-bond donors (Lipinski definition) is 1. The predicted molar refractivity (Wildman–Crippen MR) is 97.7 cm³/mol. The molecule has 0 spiro atoms. The van der Waals surface area contributed by atoms with Crippen molar-refractivity contribution in [2.45, 2.75) is 26.6 Å². The number of fused-ring (bicyclic) bond motifs is 1. The molecule has 0 fully saturated rings. The van der Waals surface area contributed by atoms with E-state index in [0.29, 0.717) is 18.7 Å². The van der Waals surface area contributed by atoms with Crippen LogP contribution in [0.1, 0.15) is 27.3 Å². The highest BCUT2D eigenvalue weighted by molar-refractivity contribution is 5.89. The minimum Gasteiger partial charge on any atom is -0.478 e. The Morgan fingerprint density at radius 3 is 2.69 bits per heavy atom. The van der Waals surface area contributed by atoms with Crippen molar-refractivity contribution in [3.05, 3.63) is 71.0 Å². The van der Waals surface area contributed by atoms with Crippen LogP contribution in [0.15, 0.2) is 48.5 Å². The SMILES string of the molecule is Cc1ccc(CN2CCn3c(nnc3-c3ccccc3)C2)cc1C(=O)O. The lowest BCUT2D eigenvalue weighted by atomic mass is 10.0. The van der Waals surface area contributed by atoms with E-state index in [1.54, 1.807) is 6.07 Å². The molecule has 6 heteroatoms. The molecule has 1 aliphatic rings. The van der Waals surface area contributed by atoms with E-state index < -0.39 is 5.97 Å². The zero-order valence-corrected chi connectivity index (χ0v) is 14.6. The molecule has 0 saturated carbocycles. The average molecular weight is 348 g/mol. The summed E-state index contributed by atoms with van der Waals surface area (Å²) in [4.78, 5) is 13.6. The maximum absolute atomic E-state index is 11.3. The number of carbonyl (C=O) groups is 1. The maximum atomic E-state index is 11.3. The van der Waals surface area contributed by atoms with Crippen molar-refractivity contribution >= 4 is 5.97 Å². The number of aromatic nitrogens is 3. The summed E-state index contributed by atoms with van der Waals surface area (Å²) in [6.07, 6.45) is 0. The van der Waals surface area contributed by atoms with E-state index >= 15 is 0 Å². The highest BCUT2D eigenvalue weighted by Gasteiger charge is 2.22. The fraction of sp³-hybridized carbons (Fsp3) is 0.250. The summed E-state index contributed by atoms with van der Waals surface area (Å²) in [6, 6.07) is 15.7. The van der Waals surface area contributed by atoms with Crippen molar-refractivity contribution in [2.24, 2.45) is 0 Å². The van der Waals surface area contributed by atoms with Crippen molar-refractivity contribution in [3.63, 3.8) is 0 Å². The van der Waals surface area contributed by atoms with Crippen molar-refractivity contribution in [1.82, 2.24) is 19.7 Å². The molecule has 2 aromatic carbocycles. The van der Waals surface area contributed by atoms with Gasteiger partial charge in [-0.25, -0.2) is 4.79 Å². The first-order chi connectivity index (χ1) is 12.6. The molecular weight excluding hydrogens is 328 g/mol. The van der Waals surface area contributed by atoms with Gasteiger partial charge in [0.25, 0.3) is 0 Å². The van der Waals surface area contributed by atoms with E-state index in [9.17, 15) is 9.90 Å². The van der Waals surface area contributed by atoms with Crippen molar-refractivity contribution in [1.29, 1.82) is 0 Å². The molecule has 0 aliphatic carbocycles. The minimum absolute atomic E-state index is 0.369. The molecule has 0 amide bonds. The molecule has 4 rings (SSSR count). The molecule has 2 heterocycles. The molecule has 0 saturated heterocycles. The van der Waals surface area contributed by atoms with Crippen molar-refractivity contribution in [2.75, 3.05) is 6.54 Å². The van der Waals surface area contributed by atoms with Gasteiger partial charge in [0.05, 0.1) is 12.1 Å². The number of aromatic carboxylic acids is 1. The summed E-state index contributed by atoms with van der Waals surface area (Å²) in [5.74, 6) is 0.972. The lowest BCUT2D eigenvalue weighted by Gasteiger charge is -2.28. The Morgan fingerprint density at radius 1 is 1.12 bits per heavy atom. The summed E-state index contributed by atoms with van der Waals surface area (Å²) in [5, 5.41) is 18.0. The number of carboxylic acids is 1. The van der Waals surface area contributed by atoms with Crippen molar-refractivity contribution in [3.8, 4) is 11.4 Å². The lowest BCUT2D eigenvalue weighted by Crippen LogP contribution is -2.33.